The van der Waals surface area contributed by atoms with Crippen LogP contribution >= 0.6 is 0 Å². The molecule has 0 aliphatic carbocycles. The molecule has 0 rings (SSSR count). The highest BCUT2D eigenvalue weighted by molar-refractivity contribution is 6.83. The Morgan fingerprint density at radius 3 is 2.46 bits per heavy atom. The largest absolute Gasteiger partial charge is 0.362 e. The van der Waals surface area contributed by atoms with Gasteiger partial charge in [0, 0.05) is 0 Å². The van der Waals surface area contributed by atoms with E-state index in [4.69, 9.17) is 4.74 Å². The SMILES string of the molecule is C/C=C/[C@H](C)OCC#C[Si](C)(C)C. The number of allylic oxidation sites excluding steroid dienone is 1. The molecule has 0 aromatic heterocycles. The van der Waals surface area contributed by atoms with Gasteiger partial charge >= 0.3 is 0 Å². The first-order valence-corrected chi connectivity index (χ1v) is 8.20. The lowest BCUT2D eigenvalue weighted by Crippen LogP contribution is -2.17. The van der Waals surface area contributed by atoms with E-state index in [1.807, 2.05) is 26.0 Å². The van der Waals surface area contributed by atoms with E-state index in [1.54, 1.807) is 0 Å². The molecule has 1 atom stereocenters. The number of hydrogen-bond donors (Lipinski definition) is 0. The van der Waals surface area contributed by atoms with Crippen molar-refractivity contribution in [1.82, 2.24) is 0 Å². The third kappa shape index (κ3) is 9.39. The fourth-order valence-electron chi connectivity index (χ4n) is 0.801. The zero-order valence-electron chi connectivity index (χ0n) is 9.35. The van der Waals surface area contributed by atoms with Gasteiger partial charge in [-0.3, -0.25) is 0 Å². The van der Waals surface area contributed by atoms with Crippen LogP contribution in [0.4, 0.5) is 0 Å². The second kappa shape index (κ2) is 6.01. The molecule has 0 aromatic rings. The molecule has 0 saturated heterocycles. The highest BCUT2D eigenvalue weighted by Gasteiger charge is 2.06. The van der Waals surface area contributed by atoms with Crippen molar-refractivity contribution in [2.45, 2.75) is 39.6 Å². The molecule has 1 nitrogen and oxygen atoms in total. The molecular weight excluding hydrogens is 176 g/mol. The van der Waals surface area contributed by atoms with Crippen molar-refractivity contribution < 1.29 is 4.74 Å². The van der Waals surface area contributed by atoms with Crippen LogP contribution in [0.1, 0.15) is 13.8 Å². The lowest BCUT2D eigenvalue weighted by Gasteiger charge is -2.06. The van der Waals surface area contributed by atoms with Crippen LogP contribution in [0.3, 0.4) is 0 Å². The van der Waals surface area contributed by atoms with Crippen molar-refractivity contribution in [2.75, 3.05) is 6.61 Å². The lowest BCUT2D eigenvalue weighted by atomic mass is 10.4. The fourth-order valence-corrected chi connectivity index (χ4v) is 1.40. The smallest absolute Gasteiger partial charge is 0.129 e. The summed E-state index contributed by atoms with van der Waals surface area (Å²) in [4.78, 5) is 0. The maximum Gasteiger partial charge on any atom is 0.129 e. The van der Waals surface area contributed by atoms with Crippen molar-refractivity contribution in [2.24, 2.45) is 0 Å². The summed E-state index contributed by atoms with van der Waals surface area (Å²) < 4.78 is 5.44. The third-order valence-corrected chi connectivity index (χ3v) is 2.27. The molecule has 0 unspecified atom stereocenters. The zero-order chi connectivity index (χ0) is 10.3. The molecule has 0 spiro atoms. The summed E-state index contributed by atoms with van der Waals surface area (Å²) in [6, 6.07) is 0. The van der Waals surface area contributed by atoms with Crippen LogP contribution in [-0.2, 0) is 4.74 Å². The first kappa shape index (κ1) is 12.5. The molecule has 0 fully saturated rings. The Hall–Kier alpha value is -0.523. The molecule has 0 aromatic carbocycles. The van der Waals surface area contributed by atoms with E-state index >= 15 is 0 Å². The zero-order valence-corrected chi connectivity index (χ0v) is 10.3. The van der Waals surface area contributed by atoms with E-state index in [1.165, 1.54) is 0 Å². The van der Waals surface area contributed by atoms with Gasteiger partial charge in [0.25, 0.3) is 0 Å². The predicted octanol–water partition coefficient (Wildman–Crippen LogP) is 2.85. The molecule has 0 saturated carbocycles. The summed E-state index contributed by atoms with van der Waals surface area (Å²) in [7, 11) is -1.21. The van der Waals surface area contributed by atoms with E-state index in [2.05, 4.69) is 31.1 Å². The Morgan fingerprint density at radius 2 is 2.00 bits per heavy atom. The molecule has 0 aliphatic heterocycles. The van der Waals surface area contributed by atoms with Crippen molar-refractivity contribution >= 4 is 8.07 Å². The molecule has 0 heterocycles. The summed E-state index contributed by atoms with van der Waals surface area (Å²) >= 11 is 0. The molecular formula is C11H20OSi. The van der Waals surface area contributed by atoms with Gasteiger partial charge < -0.3 is 4.74 Å². The topological polar surface area (TPSA) is 9.23 Å². The van der Waals surface area contributed by atoms with Crippen LogP contribution in [0.25, 0.3) is 0 Å². The minimum Gasteiger partial charge on any atom is -0.362 e. The van der Waals surface area contributed by atoms with E-state index in [0.717, 1.165) is 0 Å². The van der Waals surface area contributed by atoms with Gasteiger partial charge in [0.15, 0.2) is 0 Å². The van der Waals surface area contributed by atoms with Gasteiger partial charge in [-0.2, -0.15) is 0 Å². The average molecular weight is 196 g/mol. The van der Waals surface area contributed by atoms with Crippen LogP contribution in [-0.4, -0.2) is 20.8 Å². The summed E-state index contributed by atoms with van der Waals surface area (Å²) in [6.45, 7) is 11.3. The maximum absolute atomic E-state index is 5.44. The Balaban J connectivity index is 3.71. The van der Waals surface area contributed by atoms with E-state index in [-0.39, 0.29) is 6.10 Å². The van der Waals surface area contributed by atoms with E-state index in [0.29, 0.717) is 6.61 Å². The van der Waals surface area contributed by atoms with Gasteiger partial charge in [-0.25, -0.2) is 0 Å². The molecule has 0 bridgehead atoms. The number of rotatable bonds is 3. The maximum atomic E-state index is 5.44. The second-order valence-corrected chi connectivity index (χ2v) is 8.84. The molecule has 13 heavy (non-hydrogen) atoms. The monoisotopic (exact) mass is 196 g/mol. The molecule has 2 heteroatoms. The Labute approximate surface area is 83.2 Å². The van der Waals surface area contributed by atoms with Crippen molar-refractivity contribution in [3.8, 4) is 11.5 Å². The minimum atomic E-state index is -1.21. The molecule has 0 N–H and O–H groups in total. The van der Waals surface area contributed by atoms with Crippen LogP contribution in [0.2, 0.25) is 19.6 Å². The normalized spacial score (nSPS) is 13.9. The third-order valence-electron chi connectivity index (χ3n) is 1.35. The molecule has 0 amide bonds. The van der Waals surface area contributed by atoms with Crippen LogP contribution in [0.5, 0.6) is 0 Å². The van der Waals surface area contributed by atoms with Crippen molar-refractivity contribution in [3.05, 3.63) is 12.2 Å². The lowest BCUT2D eigenvalue weighted by molar-refractivity contribution is 0.127. The van der Waals surface area contributed by atoms with E-state index in [9.17, 15) is 0 Å². The van der Waals surface area contributed by atoms with Crippen LogP contribution < -0.4 is 0 Å². The minimum absolute atomic E-state index is 0.181. The van der Waals surface area contributed by atoms with Gasteiger partial charge in [-0.1, -0.05) is 37.7 Å². The fraction of sp³-hybridized carbons (Fsp3) is 0.636. The van der Waals surface area contributed by atoms with Gasteiger partial charge in [0.2, 0.25) is 0 Å². The van der Waals surface area contributed by atoms with Crippen molar-refractivity contribution in [3.63, 3.8) is 0 Å². The second-order valence-electron chi connectivity index (χ2n) is 4.09. The summed E-state index contributed by atoms with van der Waals surface area (Å²) in [5.41, 5.74) is 3.26. The van der Waals surface area contributed by atoms with Crippen LogP contribution in [0, 0.1) is 11.5 Å². The highest BCUT2D eigenvalue weighted by atomic mass is 28.3. The predicted molar refractivity (Wildman–Crippen MR) is 61.4 cm³/mol. The van der Waals surface area contributed by atoms with Gasteiger partial charge in [0.05, 0.1) is 6.10 Å². The number of ether oxygens (including phenoxy) is 1. The Bertz CT molecular complexity index is 214. The summed E-state index contributed by atoms with van der Waals surface area (Å²) in [5.74, 6) is 3.07. The Morgan fingerprint density at radius 1 is 1.38 bits per heavy atom. The summed E-state index contributed by atoms with van der Waals surface area (Å²) in [6.07, 6.45) is 4.20. The first-order chi connectivity index (χ1) is 5.95. The first-order valence-electron chi connectivity index (χ1n) is 4.70. The van der Waals surface area contributed by atoms with Crippen LogP contribution in [0.15, 0.2) is 12.2 Å². The quantitative estimate of drug-likeness (QED) is 0.383. The van der Waals surface area contributed by atoms with E-state index < -0.39 is 8.07 Å². The molecule has 0 aliphatic rings. The highest BCUT2D eigenvalue weighted by Crippen LogP contribution is 1.96. The number of hydrogen-bond acceptors (Lipinski definition) is 1. The Kier molecular flexibility index (Phi) is 5.77. The average Bonchev–Trinajstić information content (AvgIpc) is 1.97. The van der Waals surface area contributed by atoms with Gasteiger partial charge in [-0.15, -0.1) is 5.54 Å². The van der Waals surface area contributed by atoms with Gasteiger partial charge in [0.1, 0.15) is 14.7 Å². The molecule has 74 valence electrons. The standard InChI is InChI=1S/C11H20OSi/c1-6-8-11(2)12-9-7-10-13(3,4)5/h6,8,11H,9H2,1-5H3/b8-6+/t11-/m0/s1. The summed E-state index contributed by atoms with van der Waals surface area (Å²) in [5, 5.41) is 0. The molecule has 0 radical (unpaired) electrons. The van der Waals surface area contributed by atoms with Gasteiger partial charge in [-0.05, 0) is 13.8 Å². The van der Waals surface area contributed by atoms with Crippen molar-refractivity contribution in [1.29, 1.82) is 0 Å².